The number of esters is 1. The van der Waals surface area contributed by atoms with Crippen molar-refractivity contribution in [3.05, 3.63) is 70.3 Å². The van der Waals surface area contributed by atoms with Crippen molar-refractivity contribution in [2.24, 2.45) is 5.92 Å². The van der Waals surface area contributed by atoms with Gasteiger partial charge in [0.1, 0.15) is 5.82 Å². The number of hydrogen-bond donors (Lipinski definition) is 0. The normalized spacial score (nSPS) is 16.5. The first-order valence-corrected chi connectivity index (χ1v) is 12.2. The Morgan fingerprint density at radius 2 is 1.88 bits per heavy atom. The van der Waals surface area contributed by atoms with E-state index in [1.54, 1.807) is 12.1 Å². The fourth-order valence-corrected chi connectivity index (χ4v) is 4.76. The second-order valence-corrected chi connectivity index (χ2v) is 9.35. The summed E-state index contributed by atoms with van der Waals surface area (Å²) in [5.41, 5.74) is 1.77. The van der Waals surface area contributed by atoms with Gasteiger partial charge in [0.15, 0.2) is 11.2 Å². The van der Waals surface area contributed by atoms with Crippen LogP contribution in [0, 0.1) is 11.7 Å². The van der Waals surface area contributed by atoms with Gasteiger partial charge in [-0.1, -0.05) is 23.7 Å². The number of halogens is 3. The Kier molecular flexibility index (Phi) is 7.60. The van der Waals surface area contributed by atoms with Crippen molar-refractivity contribution in [3.8, 4) is 11.3 Å². The van der Waals surface area contributed by atoms with Crippen molar-refractivity contribution in [1.82, 2.24) is 4.98 Å². The van der Waals surface area contributed by atoms with Crippen molar-refractivity contribution in [3.63, 3.8) is 0 Å². The summed E-state index contributed by atoms with van der Waals surface area (Å²) >= 11 is 13.0. The van der Waals surface area contributed by atoms with Gasteiger partial charge in [-0.2, -0.15) is 0 Å². The predicted octanol–water partition coefficient (Wildman–Crippen LogP) is 5.38. The molecule has 1 aromatic heterocycles. The van der Waals surface area contributed by atoms with Gasteiger partial charge in [-0.25, -0.2) is 9.37 Å². The maximum absolute atomic E-state index is 13.2. The average Bonchev–Trinajstić information content (AvgIpc) is 3.46. The lowest BCUT2D eigenvalue weighted by molar-refractivity contribution is -0.151. The summed E-state index contributed by atoms with van der Waals surface area (Å²) in [7, 11) is 0. The van der Waals surface area contributed by atoms with Gasteiger partial charge in [-0.3, -0.25) is 19.3 Å². The van der Waals surface area contributed by atoms with Gasteiger partial charge in [-0.05, 0) is 36.4 Å². The summed E-state index contributed by atoms with van der Waals surface area (Å²) < 4.78 is 18.6. The summed E-state index contributed by atoms with van der Waals surface area (Å²) in [6.07, 6.45) is -1.06. The minimum absolute atomic E-state index is 0.0486. The van der Waals surface area contributed by atoms with E-state index < -0.39 is 29.6 Å². The second kappa shape index (κ2) is 10.6. The number of thiazole rings is 1. The first-order valence-electron chi connectivity index (χ1n) is 10.4. The van der Waals surface area contributed by atoms with Crippen LogP contribution in [-0.2, 0) is 14.3 Å². The molecule has 1 amide bonds. The summed E-state index contributed by atoms with van der Waals surface area (Å²) in [5.74, 6) is -2.51. The van der Waals surface area contributed by atoms with E-state index in [4.69, 9.17) is 27.9 Å². The minimum atomic E-state index is -1.11. The Morgan fingerprint density at radius 3 is 2.56 bits per heavy atom. The number of ether oxygens (including phenoxy) is 1. The number of ketones is 1. The molecule has 176 valence electrons. The Bertz CT molecular complexity index is 1200. The van der Waals surface area contributed by atoms with E-state index in [1.807, 2.05) is 17.5 Å². The minimum Gasteiger partial charge on any atom is -0.454 e. The molecule has 1 saturated heterocycles. The highest BCUT2D eigenvalue weighted by atomic mass is 35.5. The quantitative estimate of drug-likeness (QED) is 0.226. The Hall–Kier alpha value is -2.81. The third-order valence-electron chi connectivity index (χ3n) is 5.37. The average molecular weight is 521 g/mol. The first kappa shape index (κ1) is 24.3. The summed E-state index contributed by atoms with van der Waals surface area (Å²) in [4.78, 5) is 44.2. The zero-order chi connectivity index (χ0) is 24.2. The molecule has 10 heteroatoms. The van der Waals surface area contributed by atoms with Gasteiger partial charge in [0.25, 0.3) is 0 Å². The van der Waals surface area contributed by atoms with Crippen molar-refractivity contribution in [1.29, 1.82) is 0 Å². The van der Waals surface area contributed by atoms with E-state index >= 15 is 0 Å². The zero-order valence-electron chi connectivity index (χ0n) is 17.7. The van der Waals surface area contributed by atoms with E-state index in [0.29, 0.717) is 15.8 Å². The molecule has 4 rings (SSSR count). The van der Waals surface area contributed by atoms with Crippen LogP contribution in [0.2, 0.25) is 5.02 Å². The molecule has 1 fully saturated rings. The highest BCUT2D eigenvalue weighted by Gasteiger charge is 2.39. The fourth-order valence-electron chi connectivity index (χ4n) is 3.57. The molecule has 2 atom stereocenters. The number of hydrogen-bond acceptors (Lipinski definition) is 6. The lowest BCUT2D eigenvalue weighted by Crippen LogP contribution is -2.32. The Labute approximate surface area is 209 Å². The molecule has 3 aromatic rings. The number of alkyl halides is 1. The van der Waals surface area contributed by atoms with Crippen molar-refractivity contribution in [2.75, 3.05) is 17.3 Å². The molecule has 0 radical (unpaired) electrons. The molecule has 0 aliphatic carbocycles. The van der Waals surface area contributed by atoms with Gasteiger partial charge in [-0.15, -0.1) is 22.9 Å². The summed E-state index contributed by atoms with van der Waals surface area (Å²) in [6, 6.07) is 12.2. The number of nitrogens with zero attached hydrogens (tertiary/aromatic N) is 2. The van der Waals surface area contributed by atoms with Crippen molar-refractivity contribution >= 4 is 57.3 Å². The van der Waals surface area contributed by atoms with Crippen LogP contribution in [0.25, 0.3) is 11.3 Å². The molecule has 0 N–H and O–H groups in total. The molecule has 1 aliphatic rings. The highest BCUT2D eigenvalue weighted by molar-refractivity contribution is 7.14. The van der Waals surface area contributed by atoms with Gasteiger partial charge in [0.05, 0.1) is 11.6 Å². The Morgan fingerprint density at radius 1 is 1.18 bits per heavy atom. The third-order valence-corrected chi connectivity index (χ3v) is 6.71. The molecule has 0 bridgehead atoms. The van der Waals surface area contributed by atoms with E-state index in [-0.39, 0.29) is 36.7 Å². The standard InChI is InChI=1S/C24H19Cl2FN2O4S/c25-10-9-20(22(31)15-3-7-18(27)8-4-15)33-23(32)16-11-21(30)29(12-16)24-28-19(13-34-24)14-1-5-17(26)6-2-14/h1-8,13,16,20H,9-12H2/t16-,20-/m0/s1. The zero-order valence-corrected chi connectivity index (χ0v) is 20.1. The largest absolute Gasteiger partial charge is 0.454 e. The Balaban J connectivity index is 1.43. The van der Waals surface area contributed by atoms with Crippen molar-refractivity contribution in [2.45, 2.75) is 18.9 Å². The molecule has 34 heavy (non-hydrogen) atoms. The topological polar surface area (TPSA) is 76.6 Å². The van der Waals surface area contributed by atoms with Crippen LogP contribution in [0.5, 0.6) is 0 Å². The summed E-state index contributed by atoms with van der Waals surface area (Å²) in [5, 5.41) is 2.92. The number of benzene rings is 2. The third kappa shape index (κ3) is 5.46. The number of carbonyl (C=O) groups is 3. The lowest BCUT2D eigenvalue weighted by Gasteiger charge is -2.18. The van der Waals surface area contributed by atoms with Gasteiger partial charge in [0, 0.05) is 46.8 Å². The molecule has 0 spiro atoms. The van der Waals surface area contributed by atoms with Crippen LogP contribution in [-0.4, -0.2) is 41.2 Å². The molecule has 0 unspecified atom stereocenters. The number of carbonyl (C=O) groups excluding carboxylic acids is 3. The van der Waals surface area contributed by atoms with E-state index in [1.165, 1.54) is 28.4 Å². The molecule has 1 aliphatic heterocycles. The van der Waals surface area contributed by atoms with Crippen molar-refractivity contribution < 1.29 is 23.5 Å². The number of anilines is 1. The molecular formula is C24H19Cl2FN2O4S. The molecule has 2 aromatic carbocycles. The van der Waals surface area contributed by atoms with E-state index in [9.17, 15) is 18.8 Å². The molecule has 0 saturated carbocycles. The summed E-state index contributed by atoms with van der Waals surface area (Å²) in [6.45, 7) is 0.101. The second-order valence-electron chi connectivity index (χ2n) is 7.70. The molecular weight excluding hydrogens is 502 g/mol. The molecule has 6 nitrogen and oxygen atoms in total. The number of amides is 1. The SMILES string of the molecule is O=C(O[C@@H](CCCl)C(=O)c1ccc(F)cc1)[C@H]1CC(=O)N(c2nc(-c3ccc(Cl)cc3)cs2)C1. The fraction of sp³-hybridized carbons (Fsp3) is 0.250. The van der Waals surface area contributed by atoms with E-state index in [2.05, 4.69) is 4.98 Å². The maximum atomic E-state index is 13.2. The number of Topliss-reactive ketones (excluding diaryl/α,β-unsaturated/α-hetero) is 1. The highest BCUT2D eigenvalue weighted by Crippen LogP contribution is 2.32. The van der Waals surface area contributed by atoms with Crippen LogP contribution in [0.4, 0.5) is 9.52 Å². The van der Waals surface area contributed by atoms with Crippen LogP contribution >= 0.6 is 34.5 Å². The lowest BCUT2D eigenvalue weighted by atomic mass is 10.0. The van der Waals surface area contributed by atoms with Crippen LogP contribution < -0.4 is 4.90 Å². The number of rotatable bonds is 8. The van der Waals surface area contributed by atoms with Gasteiger partial charge >= 0.3 is 5.97 Å². The van der Waals surface area contributed by atoms with Crippen LogP contribution in [0.15, 0.2) is 53.9 Å². The van der Waals surface area contributed by atoms with Gasteiger partial charge < -0.3 is 4.74 Å². The molecule has 2 heterocycles. The van der Waals surface area contributed by atoms with E-state index in [0.717, 1.165) is 17.7 Å². The number of aromatic nitrogens is 1. The van der Waals surface area contributed by atoms with Crippen LogP contribution in [0.3, 0.4) is 0 Å². The van der Waals surface area contributed by atoms with Crippen LogP contribution in [0.1, 0.15) is 23.2 Å². The predicted molar refractivity (Wildman–Crippen MR) is 129 cm³/mol. The maximum Gasteiger partial charge on any atom is 0.312 e. The monoisotopic (exact) mass is 520 g/mol. The van der Waals surface area contributed by atoms with Gasteiger partial charge in [0.2, 0.25) is 11.7 Å². The smallest absolute Gasteiger partial charge is 0.312 e. The first-order chi connectivity index (χ1) is 16.4.